The van der Waals surface area contributed by atoms with Crippen LogP contribution in [0.25, 0.3) is 0 Å². The first kappa shape index (κ1) is 17.3. The lowest BCUT2D eigenvalue weighted by Crippen LogP contribution is -2.41. The van der Waals surface area contributed by atoms with Crippen LogP contribution in [0.5, 0.6) is 0 Å². The Kier molecular flexibility index (Phi) is 6.86. The summed E-state index contributed by atoms with van der Waals surface area (Å²) in [5, 5.41) is 0. The second-order valence-corrected chi connectivity index (χ2v) is 5.54. The second-order valence-electron chi connectivity index (χ2n) is 5.54. The Hall–Kier alpha value is -0.710. The summed E-state index contributed by atoms with van der Waals surface area (Å²) in [5.41, 5.74) is 7.03. The van der Waals surface area contributed by atoms with Crippen molar-refractivity contribution in [3.63, 3.8) is 0 Å². The molecule has 5 heteroatoms. The Morgan fingerprint density at radius 3 is 2.80 bits per heavy atom. The van der Waals surface area contributed by atoms with Crippen LogP contribution in [-0.4, -0.2) is 24.0 Å². The molecule has 2 N–H and O–H groups in total. The van der Waals surface area contributed by atoms with Crippen LogP contribution in [0.4, 0.5) is 8.78 Å². The molecule has 2 rings (SSSR count). The molecular weight excluding hydrogens is 282 g/mol. The van der Waals surface area contributed by atoms with Gasteiger partial charge in [-0.1, -0.05) is 18.2 Å². The Bertz CT molecular complexity index is 413. The van der Waals surface area contributed by atoms with Gasteiger partial charge in [0.2, 0.25) is 0 Å². The fourth-order valence-electron chi connectivity index (χ4n) is 2.75. The average molecular weight is 305 g/mol. The summed E-state index contributed by atoms with van der Waals surface area (Å²) in [4.78, 5) is 2.32. The van der Waals surface area contributed by atoms with Gasteiger partial charge in [0, 0.05) is 24.7 Å². The van der Waals surface area contributed by atoms with E-state index >= 15 is 0 Å². The first-order valence-corrected chi connectivity index (χ1v) is 6.91. The van der Waals surface area contributed by atoms with E-state index in [1.807, 2.05) is 13.0 Å². The molecule has 20 heavy (non-hydrogen) atoms. The molecule has 1 aliphatic rings. The molecule has 114 valence electrons. The van der Waals surface area contributed by atoms with Crippen molar-refractivity contribution in [2.24, 2.45) is 11.7 Å². The molecule has 1 aliphatic heterocycles. The van der Waals surface area contributed by atoms with Crippen LogP contribution in [0.2, 0.25) is 0 Å². The van der Waals surface area contributed by atoms with Crippen molar-refractivity contribution >= 4 is 12.4 Å². The zero-order valence-corrected chi connectivity index (χ0v) is 12.6. The number of likely N-dealkylation sites (tertiary alicyclic amines) is 1. The van der Waals surface area contributed by atoms with Gasteiger partial charge in [0.1, 0.15) is 0 Å². The summed E-state index contributed by atoms with van der Waals surface area (Å²) >= 11 is 0. The third kappa shape index (κ3) is 4.69. The maximum atomic E-state index is 12.7. The summed E-state index contributed by atoms with van der Waals surface area (Å²) in [6.07, 6.45) is -0.0791. The number of rotatable bonds is 4. The van der Waals surface area contributed by atoms with Crippen molar-refractivity contribution < 1.29 is 8.78 Å². The van der Waals surface area contributed by atoms with Crippen LogP contribution >= 0.6 is 12.4 Å². The molecule has 0 amide bonds. The van der Waals surface area contributed by atoms with Crippen molar-refractivity contribution in [2.75, 3.05) is 13.1 Å². The number of hydrogen-bond acceptors (Lipinski definition) is 2. The van der Waals surface area contributed by atoms with Crippen molar-refractivity contribution in [3.8, 4) is 0 Å². The van der Waals surface area contributed by atoms with E-state index in [-0.39, 0.29) is 24.0 Å². The van der Waals surface area contributed by atoms with E-state index < -0.39 is 6.43 Å². The summed E-state index contributed by atoms with van der Waals surface area (Å²) in [6.45, 7) is 4.79. The van der Waals surface area contributed by atoms with E-state index in [1.165, 1.54) is 12.5 Å². The molecule has 0 saturated carbocycles. The smallest absolute Gasteiger partial charge is 0.263 e. The van der Waals surface area contributed by atoms with Gasteiger partial charge in [-0.05, 0) is 43.9 Å². The minimum atomic E-state index is -2.39. The van der Waals surface area contributed by atoms with Gasteiger partial charge >= 0.3 is 0 Å². The number of halogens is 3. The van der Waals surface area contributed by atoms with Gasteiger partial charge in [-0.3, -0.25) is 4.90 Å². The van der Waals surface area contributed by atoms with Gasteiger partial charge in [-0.25, -0.2) is 8.78 Å². The van der Waals surface area contributed by atoms with Gasteiger partial charge < -0.3 is 5.73 Å². The van der Waals surface area contributed by atoms with Crippen molar-refractivity contribution in [3.05, 3.63) is 35.4 Å². The third-order valence-electron chi connectivity index (χ3n) is 3.89. The maximum absolute atomic E-state index is 12.7. The number of benzene rings is 1. The molecule has 1 aromatic carbocycles. The first-order valence-electron chi connectivity index (χ1n) is 6.91. The highest BCUT2D eigenvalue weighted by Crippen LogP contribution is 2.23. The maximum Gasteiger partial charge on any atom is 0.263 e. The van der Waals surface area contributed by atoms with Crippen LogP contribution in [0.3, 0.4) is 0 Å². The van der Waals surface area contributed by atoms with E-state index in [4.69, 9.17) is 5.73 Å². The minimum Gasteiger partial charge on any atom is -0.328 e. The van der Waals surface area contributed by atoms with Crippen LogP contribution in [0, 0.1) is 5.92 Å². The zero-order valence-electron chi connectivity index (χ0n) is 11.8. The van der Waals surface area contributed by atoms with E-state index in [0.29, 0.717) is 5.92 Å². The van der Waals surface area contributed by atoms with Crippen molar-refractivity contribution in [1.29, 1.82) is 0 Å². The fourth-order valence-corrected chi connectivity index (χ4v) is 2.75. The lowest BCUT2D eigenvalue weighted by Gasteiger charge is -2.34. The predicted octanol–water partition coefficient (Wildman–Crippen LogP) is 3.61. The Balaban J connectivity index is 0.00000200. The molecule has 2 nitrogen and oxygen atoms in total. The lowest BCUT2D eigenvalue weighted by molar-refractivity contribution is 0.148. The highest BCUT2D eigenvalue weighted by molar-refractivity contribution is 5.85. The topological polar surface area (TPSA) is 29.3 Å². The summed E-state index contributed by atoms with van der Waals surface area (Å²) in [7, 11) is 0. The highest BCUT2D eigenvalue weighted by atomic mass is 35.5. The Labute approximate surface area is 125 Å². The number of hydrogen-bond donors (Lipinski definition) is 1. The summed E-state index contributed by atoms with van der Waals surface area (Å²) in [5.74, 6) is 0.520. The van der Waals surface area contributed by atoms with Crippen LogP contribution in [0.1, 0.15) is 37.3 Å². The molecule has 1 saturated heterocycles. The van der Waals surface area contributed by atoms with Crippen LogP contribution < -0.4 is 5.73 Å². The van der Waals surface area contributed by atoms with Crippen LogP contribution in [0.15, 0.2) is 24.3 Å². The largest absolute Gasteiger partial charge is 0.328 e. The third-order valence-corrected chi connectivity index (χ3v) is 3.89. The molecule has 0 aliphatic carbocycles. The SMILES string of the molecule is CC(N)C1CCCN(Cc2cccc(C(F)F)c2)C1.Cl. The first-order chi connectivity index (χ1) is 9.06. The monoisotopic (exact) mass is 304 g/mol. The average Bonchev–Trinajstić information content (AvgIpc) is 2.39. The molecule has 1 fully saturated rings. The van der Waals surface area contributed by atoms with Gasteiger partial charge in [0.25, 0.3) is 6.43 Å². The number of piperidine rings is 1. The zero-order chi connectivity index (χ0) is 13.8. The molecule has 2 atom stereocenters. The summed E-state index contributed by atoms with van der Waals surface area (Å²) < 4.78 is 25.3. The molecule has 2 unspecified atom stereocenters. The predicted molar refractivity (Wildman–Crippen MR) is 80.3 cm³/mol. The van der Waals surface area contributed by atoms with E-state index in [9.17, 15) is 8.78 Å². The normalized spacial score (nSPS) is 21.6. The number of nitrogens with two attached hydrogens (primary N) is 1. The Morgan fingerprint density at radius 1 is 1.40 bits per heavy atom. The van der Waals surface area contributed by atoms with Gasteiger partial charge in [-0.15, -0.1) is 12.4 Å². The minimum absolute atomic E-state index is 0. The van der Waals surface area contributed by atoms with E-state index in [0.717, 1.165) is 31.6 Å². The Morgan fingerprint density at radius 2 is 2.15 bits per heavy atom. The van der Waals surface area contributed by atoms with E-state index in [2.05, 4.69) is 4.90 Å². The molecule has 1 aromatic rings. The number of nitrogens with zero attached hydrogens (tertiary/aromatic N) is 1. The fraction of sp³-hybridized carbons (Fsp3) is 0.600. The van der Waals surface area contributed by atoms with E-state index in [1.54, 1.807) is 12.1 Å². The molecule has 1 heterocycles. The molecule has 0 spiro atoms. The lowest BCUT2D eigenvalue weighted by atomic mass is 9.92. The van der Waals surface area contributed by atoms with Crippen molar-refractivity contribution in [1.82, 2.24) is 4.90 Å². The standard InChI is InChI=1S/C15H22F2N2.ClH/c1-11(18)14-6-3-7-19(10-14)9-12-4-2-5-13(8-12)15(16)17;/h2,4-5,8,11,14-15H,3,6-7,9-10,18H2,1H3;1H. The molecule has 0 radical (unpaired) electrons. The molecule has 0 bridgehead atoms. The van der Waals surface area contributed by atoms with Crippen molar-refractivity contribution in [2.45, 2.75) is 38.8 Å². The van der Waals surface area contributed by atoms with Gasteiger partial charge in [-0.2, -0.15) is 0 Å². The molecule has 0 aromatic heterocycles. The quantitative estimate of drug-likeness (QED) is 0.921. The van der Waals surface area contributed by atoms with Crippen LogP contribution in [-0.2, 0) is 6.54 Å². The van der Waals surface area contributed by atoms with Gasteiger partial charge in [0.05, 0.1) is 0 Å². The highest BCUT2D eigenvalue weighted by Gasteiger charge is 2.22. The summed E-state index contributed by atoms with van der Waals surface area (Å²) in [6, 6.07) is 6.93. The molecular formula is C15H23ClF2N2. The second kappa shape index (κ2) is 7.91. The van der Waals surface area contributed by atoms with Gasteiger partial charge in [0.15, 0.2) is 0 Å². The number of alkyl halides is 2.